The van der Waals surface area contributed by atoms with Crippen molar-refractivity contribution in [2.45, 2.75) is 25.6 Å². The molecule has 1 aromatic rings. The second-order valence-electron chi connectivity index (χ2n) is 4.58. The van der Waals surface area contributed by atoms with Gasteiger partial charge in [-0.1, -0.05) is 30.3 Å². The predicted molar refractivity (Wildman–Crippen MR) is 65.2 cm³/mol. The van der Waals surface area contributed by atoms with E-state index in [1.807, 2.05) is 6.07 Å². The Hall–Kier alpha value is -0.900. The number of aliphatic hydroxyl groups is 1. The SMILES string of the molecule is CC1CNCC(O)CN1Cc1ccccc1. The lowest BCUT2D eigenvalue weighted by Crippen LogP contribution is -2.38. The van der Waals surface area contributed by atoms with Gasteiger partial charge in [0.15, 0.2) is 0 Å². The van der Waals surface area contributed by atoms with Gasteiger partial charge < -0.3 is 10.4 Å². The van der Waals surface area contributed by atoms with Crippen LogP contribution in [0.3, 0.4) is 0 Å². The van der Waals surface area contributed by atoms with Crippen LogP contribution >= 0.6 is 0 Å². The topological polar surface area (TPSA) is 35.5 Å². The summed E-state index contributed by atoms with van der Waals surface area (Å²) in [5.74, 6) is 0. The van der Waals surface area contributed by atoms with Crippen molar-refractivity contribution < 1.29 is 5.11 Å². The summed E-state index contributed by atoms with van der Waals surface area (Å²) in [4.78, 5) is 2.33. The van der Waals surface area contributed by atoms with E-state index >= 15 is 0 Å². The van der Waals surface area contributed by atoms with Gasteiger partial charge in [0, 0.05) is 32.2 Å². The van der Waals surface area contributed by atoms with Gasteiger partial charge >= 0.3 is 0 Å². The number of nitrogens with one attached hydrogen (secondary N) is 1. The Kier molecular flexibility index (Phi) is 3.93. The van der Waals surface area contributed by atoms with Gasteiger partial charge in [0.1, 0.15) is 0 Å². The number of β-amino-alcohol motifs (C(OH)–C–C–N with tert-alkyl or cyclic N) is 1. The van der Waals surface area contributed by atoms with Crippen LogP contribution in [0, 0.1) is 0 Å². The molecule has 2 atom stereocenters. The smallest absolute Gasteiger partial charge is 0.0791 e. The summed E-state index contributed by atoms with van der Waals surface area (Å²) in [6, 6.07) is 10.9. The number of hydrogen-bond acceptors (Lipinski definition) is 3. The third-order valence-corrected chi connectivity index (χ3v) is 3.12. The summed E-state index contributed by atoms with van der Waals surface area (Å²) in [7, 11) is 0. The molecule has 0 amide bonds. The number of nitrogens with zero attached hydrogens (tertiary/aromatic N) is 1. The molecule has 1 aliphatic heterocycles. The van der Waals surface area contributed by atoms with Crippen molar-refractivity contribution in [1.82, 2.24) is 10.2 Å². The number of aliphatic hydroxyl groups excluding tert-OH is 1. The Morgan fingerprint density at radius 2 is 2.06 bits per heavy atom. The van der Waals surface area contributed by atoms with Gasteiger partial charge in [-0.15, -0.1) is 0 Å². The molecule has 0 bridgehead atoms. The van der Waals surface area contributed by atoms with Gasteiger partial charge in [0.05, 0.1) is 6.10 Å². The Morgan fingerprint density at radius 1 is 1.31 bits per heavy atom. The monoisotopic (exact) mass is 220 g/mol. The molecule has 1 heterocycles. The summed E-state index contributed by atoms with van der Waals surface area (Å²) < 4.78 is 0. The van der Waals surface area contributed by atoms with E-state index in [0.717, 1.165) is 19.6 Å². The molecule has 16 heavy (non-hydrogen) atoms. The molecule has 0 aromatic heterocycles. The van der Waals surface area contributed by atoms with E-state index in [2.05, 4.69) is 41.4 Å². The van der Waals surface area contributed by atoms with Crippen molar-refractivity contribution in [3.63, 3.8) is 0 Å². The number of rotatable bonds is 2. The fourth-order valence-electron chi connectivity index (χ4n) is 2.14. The molecule has 0 saturated carbocycles. The minimum absolute atomic E-state index is 0.256. The summed E-state index contributed by atoms with van der Waals surface area (Å²) in [6.45, 7) is 5.53. The summed E-state index contributed by atoms with van der Waals surface area (Å²) in [6.07, 6.45) is -0.256. The normalized spacial score (nSPS) is 27.6. The largest absolute Gasteiger partial charge is 0.390 e. The van der Waals surface area contributed by atoms with E-state index < -0.39 is 0 Å². The molecular formula is C13H20N2O. The van der Waals surface area contributed by atoms with Gasteiger partial charge in [-0.2, -0.15) is 0 Å². The van der Waals surface area contributed by atoms with Gasteiger partial charge in [-0.25, -0.2) is 0 Å². The van der Waals surface area contributed by atoms with Crippen LogP contribution < -0.4 is 5.32 Å². The number of hydrogen-bond donors (Lipinski definition) is 2. The maximum Gasteiger partial charge on any atom is 0.0791 e. The van der Waals surface area contributed by atoms with E-state index in [-0.39, 0.29) is 6.10 Å². The Bertz CT molecular complexity index is 315. The first-order valence-corrected chi connectivity index (χ1v) is 5.92. The molecule has 2 rings (SSSR count). The molecule has 0 radical (unpaired) electrons. The highest BCUT2D eigenvalue weighted by Gasteiger charge is 2.21. The maximum atomic E-state index is 9.75. The molecule has 3 heteroatoms. The zero-order chi connectivity index (χ0) is 11.4. The average Bonchev–Trinajstić information content (AvgIpc) is 2.43. The van der Waals surface area contributed by atoms with Crippen LogP contribution in [0.1, 0.15) is 12.5 Å². The summed E-state index contributed by atoms with van der Waals surface area (Å²) >= 11 is 0. The molecule has 1 aliphatic rings. The van der Waals surface area contributed by atoms with E-state index in [1.165, 1.54) is 5.56 Å². The zero-order valence-corrected chi connectivity index (χ0v) is 9.76. The van der Waals surface area contributed by atoms with Crippen LogP contribution in [0.5, 0.6) is 0 Å². The molecular weight excluding hydrogens is 200 g/mol. The summed E-state index contributed by atoms with van der Waals surface area (Å²) in [5, 5.41) is 13.0. The first kappa shape index (κ1) is 11.6. The molecule has 0 spiro atoms. The van der Waals surface area contributed by atoms with Crippen molar-refractivity contribution in [3.8, 4) is 0 Å². The van der Waals surface area contributed by atoms with Crippen LogP contribution in [0.4, 0.5) is 0 Å². The van der Waals surface area contributed by atoms with Crippen LogP contribution in [0.2, 0.25) is 0 Å². The highest BCUT2D eigenvalue weighted by Crippen LogP contribution is 2.10. The molecule has 2 N–H and O–H groups in total. The highest BCUT2D eigenvalue weighted by molar-refractivity contribution is 5.14. The van der Waals surface area contributed by atoms with E-state index in [0.29, 0.717) is 12.6 Å². The average molecular weight is 220 g/mol. The first-order valence-electron chi connectivity index (χ1n) is 5.92. The van der Waals surface area contributed by atoms with Crippen molar-refractivity contribution in [2.24, 2.45) is 0 Å². The second kappa shape index (κ2) is 5.43. The number of benzene rings is 1. The fourth-order valence-corrected chi connectivity index (χ4v) is 2.14. The standard InChI is InChI=1S/C13H20N2O/c1-11-7-14-8-13(16)10-15(11)9-12-5-3-2-4-6-12/h2-6,11,13-14,16H,7-10H2,1H3. The van der Waals surface area contributed by atoms with Crippen LogP contribution in [0.25, 0.3) is 0 Å². The van der Waals surface area contributed by atoms with Crippen LogP contribution in [0.15, 0.2) is 30.3 Å². The van der Waals surface area contributed by atoms with Crippen molar-refractivity contribution in [1.29, 1.82) is 0 Å². The van der Waals surface area contributed by atoms with Gasteiger partial charge in [-0.05, 0) is 12.5 Å². The van der Waals surface area contributed by atoms with Gasteiger partial charge in [-0.3, -0.25) is 4.90 Å². The van der Waals surface area contributed by atoms with E-state index in [1.54, 1.807) is 0 Å². The maximum absolute atomic E-state index is 9.75. The Labute approximate surface area is 97.1 Å². The molecule has 1 aromatic carbocycles. The molecule has 1 fully saturated rings. The lowest BCUT2D eigenvalue weighted by molar-refractivity contribution is 0.109. The second-order valence-corrected chi connectivity index (χ2v) is 4.58. The Morgan fingerprint density at radius 3 is 2.81 bits per heavy atom. The van der Waals surface area contributed by atoms with Crippen LogP contribution in [-0.4, -0.2) is 41.8 Å². The highest BCUT2D eigenvalue weighted by atomic mass is 16.3. The van der Waals surface area contributed by atoms with Crippen LogP contribution in [-0.2, 0) is 6.54 Å². The molecule has 88 valence electrons. The minimum atomic E-state index is -0.256. The van der Waals surface area contributed by atoms with Gasteiger partial charge in [0.2, 0.25) is 0 Å². The van der Waals surface area contributed by atoms with E-state index in [9.17, 15) is 5.11 Å². The quantitative estimate of drug-likeness (QED) is 0.775. The van der Waals surface area contributed by atoms with Crippen molar-refractivity contribution in [3.05, 3.63) is 35.9 Å². The third kappa shape index (κ3) is 3.04. The zero-order valence-electron chi connectivity index (χ0n) is 9.76. The lowest BCUT2D eigenvalue weighted by atomic mass is 10.2. The fraction of sp³-hybridized carbons (Fsp3) is 0.538. The van der Waals surface area contributed by atoms with E-state index in [4.69, 9.17) is 0 Å². The molecule has 0 aliphatic carbocycles. The summed E-state index contributed by atoms with van der Waals surface area (Å²) in [5.41, 5.74) is 1.31. The minimum Gasteiger partial charge on any atom is -0.390 e. The van der Waals surface area contributed by atoms with Gasteiger partial charge in [0.25, 0.3) is 0 Å². The predicted octanol–water partition coefficient (Wildman–Crippen LogP) is 0.841. The Balaban J connectivity index is 2.01. The first-order chi connectivity index (χ1) is 7.75. The molecule has 1 saturated heterocycles. The third-order valence-electron chi connectivity index (χ3n) is 3.12. The molecule has 2 unspecified atom stereocenters. The van der Waals surface area contributed by atoms with Crippen molar-refractivity contribution in [2.75, 3.05) is 19.6 Å². The van der Waals surface area contributed by atoms with Crippen molar-refractivity contribution >= 4 is 0 Å². The molecule has 3 nitrogen and oxygen atoms in total. The lowest BCUT2D eigenvalue weighted by Gasteiger charge is -2.27.